The number of rotatable bonds is 8. The number of benzene rings is 1. The summed E-state index contributed by atoms with van der Waals surface area (Å²) in [4.78, 5) is 30.9. The van der Waals surface area contributed by atoms with Crippen LogP contribution in [0.3, 0.4) is 0 Å². The summed E-state index contributed by atoms with van der Waals surface area (Å²) in [6.45, 7) is 3.41. The molecule has 2 amide bonds. The Morgan fingerprint density at radius 1 is 1.22 bits per heavy atom. The van der Waals surface area contributed by atoms with Crippen LogP contribution >= 0.6 is 0 Å². The third kappa shape index (κ3) is 5.39. The topological polar surface area (TPSA) is 62.3 Å². The minimum atomic E-state index is -0.126. The smallest absolute Gasteiger partial charge is 0.251 e. The van der Waals surface area contributed by atoms with Gasteiger partial charge in [0.15, 0.2) is 0 Å². The molecule has 2 heterocycles. The highest BCUT2D eigenvalue weighted by atomic mass is 16.2. The first-order chi connectivity index (χ1) is 13.2. The number of pyridine rings is 1. The van der Waals surface area contributed by atoms with E-state index in [2.05, 4.69) is 29.4 Å². The summed E-state index contributed by atoms with van der Waals surface area (Å²) in [5, 5.41) is 3.00. The second kappa shape index (κ2) is 9.31. The Kier molecular flexibility index (Phi) is 6.58. The number of aromatic nitrogens is 1. The zero-order valence-electron chi connectivity index (χ0n) is 15.9. The zero-order valence-corrected chi connectivity index (χ0v) is 15.9. The Balaban J connectivity index is 1.48. The van der Waals surface area contributed by atoms with E-state index in [9.17, 15) is 9.59 Å². The average molecular weight is 365 g/mol. The van der Waals surface area contributed by atoms with Crippen molar-refractivity contribution in [3.63, 3.8) is 0 Å². The van der Waals surface area contributed by atoms with E-state index >= 15 is 0 Å². The first-order valence-corrected chi connectivity index (χ1v) is 9.73. The van der Waals surface area contributed by atoms with E-state index in [4.69, 9.17) is 0 Å². The van der Waals surface area contributed by atoms with Gasteiger partial charge < -0.3 is 10.2 Å². The van der Waals surface area contributed by atoms with Gasteiger partial charge in [0, 0.05) is 37.0 Å². The summed E-state index contributed by atoms with van der Waals surface area (Å²) in [5.74, 6) is -0.00606. The molecule has 1 aliphatic rings. The lowest BCUT2D eigenvalue weighted by molar-refractivity contribution is -0.127. The van der Waals surface area contributed by atoms with Crippen molar-refractivity contribution in [2.45, 2.75) is 45.1 Å². The van der Waals surface area contributed by atoms with Gasteiger partial charge in [-0.3, -0.25) is 14.6 Å². The number of hydrogen-bond donors (Lipinski definition) is 1. The molecule has 0 radical (unpaired) electrons. The highest BCUT2D eigenvalue weighted by Gasteiger charge is 2.30. The fourth-order valence-electron chi connectivity index (χ4n) is 3.48. The molecule has 2 aromatic rings. The highest BCUT2D eigenvalue weighted by Crippen LogP contribution is 2.14. The van der Waals surface area contributed by atoms with Gasteiger partial charge >= 0.3 is 0 Å². The molecular formula is C22H27N3O2. The Hall–Kier alpha value is -2.69. The van der Waals surface area contributed by atoms with Gasteiger partial charge in [0.05, 0.1) is 6.04 Å². The molecular weight excluding hydrogens is 338 g/mol. The molecule has 142 valence electrons. The molecule has 1 aliphatic heterocycles. The average Bonchev–Trinajstić information content (AvgIpc) is 3.02. The molecule has 5 nitrogen and oxygen atoms in total. The lowest BCUT2D eigenvalue weighted by atomic mass is 10.1. The van der Waals surface area contributed by atoms with Crippen molar-refractivity contribution in [3.8, 4) is 0 Å². The van der Waals surface area contributed by atoms with Crippen molar-refractivity contribution < 1.29 is 9.59 Å². The Morgan fingerprint density at radius 3 is 2.81 bits per heavy atom. The number of likely N-dealkylation sites (tertiary alicyclic amines) is 1. The molecule has 1 atom stereocenters. The fourth-order valence-corrected chi connectivity index (χ4v) is 3.48. The summed E-state index contributed by atoms with van der Waals surface area (Å²) in [5.41, 5.74) is 2.83. The first-order valence-electron chi connectivity index (χ1n) is 9.73. The largest absolute Gasteiger partial charge is 0.347 e. The van der Waals surface area contributed by atoms with Crippen molar-refractivity contribution in [1.29, 1.82) is 0 Å². The normalized spacial score (nSPS) is 16.6. The van der Waals surface area contributed by atoms with Crippen LogP contribution < -0.4 is 5.32 Å². The lowest BCUT2D eigenvalue weighted by Gasteiger charge is -2.17. The SMILES string of the molecule is CCCc1cc(C(=O)NC2CC(=O)N(CCCc3ccccc3)C2)ccn1. The van der Waals surface area contributed by atoms with Crippen LogP contribution in [0.4, 0.5) is 0 Å². The number of nitrogens with zero attached hydrogens (tertiary/aromatic N) is 2. The summed E-state index contributed by atoms with van der Waals surface area (Å²) in [6, 6.07) is 13.7. The summed E-state index contributed by atoms with van der Waals surface area (Å²) < 4.78 is 0. The van der Waals surface area contributed by atoms with E-state index in [1.165, 1.54) is 5.56 Å². The molecule has 3 rings (SSSR count). The number of hydrogen-bond acceptors (Lipinski definition) is 3. The molecule has 0 aliphatic carbocycles. The van der Waals surface area contributed by atoms with Crippen molar-refractivity contribution in [1.82, 2.24) is 15.2 Å². The van der Waals surface area contributed by atoms with Gasteiger partial charge in [-0.2, -0.15) is 0 Å². The molecule has 5 heteroatoms. The van der Waals surface area contributed by atoms with Crippen LogP contribution in [0.15, 0.2) is 48.7 Å². The van der Waals surface area contributed by atoms with Crippen LogP contribution in [0.1, 0.15) is 47.8 Å². The number of amides is 2. The Labute approximate surface area is 160 Å². The number of carbonyl (C=O) groups excluding carboxylic acids is 2. The second-order valence-corrected chi connectivity index (χ2v) is 7.09. The molecule has 27 heavy (non-hydrogen) atoms. The van der Waals surface area contributed by atoms with Crippen LogP contribution in [0.5, 0.6) is 0 Å². The molecule has 1 saturated heterocycles. The van der Waals surface area contributed by atoms with E-state index in [0.717, 1.165) is 37.9 Å². The minimum Gasteiger partial charge on any atom is -0.347 e. The van der Waals surface area contributed by atoms with Gasteiger partial charge in [0.25, 0.3) is 5.91 Å². The Morgan fingerprint density at radius 2 is 2.04 bits per heavy atom. The van der Waals surface area contributed by atoms with Crippen LogP contribution in [0.2, 0.25) is 0 Å². The second-order valence-electron chi connectivity index (χ2n) is 7.09. The fraction of sp³-hybridized carbons (Fsp3) is 0.409. The number of nitrogens with one attached hydrogen (secondary N) is 1. The number of aryl methyl sites for hydroxylation is 2. The van der Waals surface area contributed by atoms with Crippen molar-refractivity contribution in [2.75, 3.05) is 13.1 Å². The molecule has 1 N–H and O–H groups in total. The van der Waals surface area contributed by atoms with Gasteiger partial charge in [0.1, 0.15) is 0 Å². The predicted molar refractivity (Wildman–Crippen MR) is 105 cm³/mol. The molecule has 0 bridgehead atoms. The summed E-state index contributed by atoms with van der Waals surface area (Å²) in [6.07, 6.45) is 5.80. The number of carbonyl (C=O) groups is 2. The predicted octanol–water partition coefficient (Wildman–Crippen LogP) is 3.00. The highest BCUT2D eigenvalue weighted by molar-refractivity contribution is 5.95. The maximum absolute atomic E-state index is 12.5. The minimum absolute atomic E-state index is 0.120. The van der Waals surface area contributed by atoms with Crippen LogP contribution in [-0.2, 0) is 17.6 Å². The first kappa shape index (κ1) is 19.1. The quantitative estimate of drug-likeness (QED) is 0.782. The van der Waals surface area contributed by atoms with Crippen LogP contribution in [-0.4, -0.2) is 40.8 Å². The van der Waals surface area contributed by atoms with Crippen LogP contribution in [0.25, 0.3) is 0 Å². The lowest BCUT2D eigenvalue weighted by Crippen LogP contribution is -2.37. The van der Waals surface area contributed by atoms with E-state index in [1.54, 1.807) is 12.3 Å². The molecule has 0 saturated carbocycles. The van der Waals surface area contributed by atoms with Gasteiger partial charge in [-0.05, 0) is 37.0 Å². The standard InChI is InChI=1S/C22H27N3O2/c1-2-7-19-14-18(11-12-23-19)22(27)24-20-15-21(26)25(16-20)13-6-10-17-8-4-3-5-9-17/h3-5,8-9,11-12,14,20H,2,6-7,10,13,15-16H2,1H3,(H,24,27). The molecule has 0 spiro atoms. The van der Waals surface area contributed by atoms with Gasteiger partial charge in [-0.15, -0.1) is 0 Å². The summed E-state index contributed by atoms with van der Waals surface area (Å²) in [7, 11) is 0. The third-order valence-electron chi connectivity index (χ3n) is 4.87. The molecule has 1 fully saturated rings. The zero-order chi connectivity index (χ0) is 19.1. The van der Waals surface area contributed by atoms with E-state index < -0.39 is 0 Å². The van der Waals surface area contributed by atoms with Gasteiger partial charge in [-0.1, -0.05) is 43.7 Å². The van der Waals surface area contributed by atoms with Gasteiger partial charge in [0.2, 0.25) is 5.91 Å². The third-order valence-corrected chi connectivity index (χ3v) is 4.87. The molecule has 1 aromatic carbocycles. The van der Waals surface area contributed by atoms with E-state index in [0.29, 0.717) is 18.5 Å². The van der Waals surface area contributed by atoms with Crippen molar-refractivity contribution in [2.24, 2.45) is 0 Å². The molecule has 1 unspecified atom stereocenters. The van der Waals surface area contributed by atoms with Crippen molar-refractivity contribution in [3.05, 3.63) is 65.5 Å². The van der Waals surface area contributed by atoms with E-state index in [1.807, 2.05) is 29.2 Å². The van der Waals surface area contributed by atoms with E-state index in [-0.39, 0.29) is 17.9 Å². The van der Waals surface area contributed by atoms with Crippen LogP contribution in [0, 0.1) is 0 Å². The molecule has 1 aromatic heterocycles. The monoisotopic (exact) mass is 365 g/mol. The van der Waals surface area contributed by atoms with Crippen molar-refractivity contribution >= 4 is 11.8 Å². The maximum Gasteiger partial charge on any atom is 0.251 e. The summed E-state index contributed by atoms with van der Waals surface area (Å²) >= 11 is 0. The Bertz CT molecular complexity index is 776. The maximum atomic E-state index is 12.5. The van der Waals surface area contributed by atoms with Gasteiger partial charge in [-0.25, -0.2) is 0 Å².